The van der Waals surface area contributed by atoms with E-state index in [1.807, 2.05) is 0 Å². The first kappa shape index (κ1) is 11.9. The summed E-state index contributed by atoms with van der Waals surface area (Å²) in [6.07, 6.45) is 5.97. The van der Waals surface area contributed by atoms with Crippen LogP contribution < -0.4 is 5.32 Å². The molecule has 0 aromatic rings. The molecule has 92 valence electrons. The van der Waals surface area contributed by atoms with Gasteiger partial charge in [-0.1, -0.05) is 6.92 Å². The van der Waals surface area contributed by atoms with Gasteiger partial charge in [0.15, 0.2) is 0 Å². The fourth-order valence-electron chi connectivity index (χ4n) is 2.49. The standard InChI is InChI=1S/C13H24N2O/c1-2-8-15(10-11-5-6-11)13(16)12-4-3-7-14-9-12/h11-12,14H,2-10H2,1H3. The lowest BCUT2D eigenvalue weighted by atomic mass is 9.98. The Morgan fingerprint density at radius 3 is 2.75 bits per heavy atom. The van der Waals surface area contributed by atoms with Crippen LogP contribution in [0.15, 0.2) is 0 Å². The predicted molar refractivity (Wildman–Crippen MR) is 65.2 cm³/mol. The highest BCUT2D eigenvalue weighted by atomic mass is 16.2. The summed E-state index contributed by atoms with van der Waals surface area (Å²) < 4.78 is 0. The number of amides is 1. The predicted octanol–water partition coefficient (Wildman–Crippen LogP) is 1.63. The average Bonchev–Trinajstić information content (AvgIpc) is 3.13. The highest BCUT2D eigenvalue weighted by Gasteiger charge is 2.30. The molecule has 1 heterocycles. The van der Waals surface area contributed by atoms with Crippen molar-refractivity contribution in [3.63, 3.8) is 0 Å². The Kier molecular flexibility index (Phi) is 4.22. The van der Waals surface area contributed by atoms with Crippen LogP contribution in [-0.2, 0) is 4.79 Å². The van der Waals surface area contributed by atoms with Crippen LogP contribution in [0.4, 0.5) is 0 Å². The molecular formula is C13H24N2O. The average molecular weight is 224 g/mol. The number of hydrogen-bond donors (Lipinski definition) is 1. The third-order valence-corrected chi connectivity index (χ3v) is 3.63. The van der Waals surface area contributed by atoms with Gasteiger partial charge in [-0.3, -0.25) is 4.79 Å². The normalized spacial score (nSPS) is 25.4. The molecule has 1 aliphatic heterocycles. The molecular weight excluding hydrogens is 200 g/mol. The van der Waals surface area contributed by atoms with Gasteiger partial charge in [0.25, 0.3) is 0 Å². The second-order valence-electron chi connectivity index (χ2n) is 5.27. The molecule has 3 heteroatoms. The zero-order valence-electron chi connectivity index (χ0n) is 10.4. The summed E-state index contributed by atoms with van der Waals surface area (Å²) in [6.45, 7) is 6.10. The Bertz CT molecular complexity index is 232. The van der Waals surface area contributed by atoms with Crippen LogP contribution in [0.5, 0.6) is 0 Å². The number of piperidine rings is 1. The van der Waals surface area contributed by atoms with Crippen molar-refractivity contribution in [3.05, 3.63) is 0 Å². The summed E-state index contributed by atoms with van der Waals surface area (Å²) >= 11 is 0. The fourth-order valence-corrected chi connectivity index (χ4v) is 2.49. The fraction of sp³-hybridized carbons (Fsp3) is 0.923. The van der Waals surface area contributed by atoms with E-state index in [4.69, 9.17) is 0 Å². The van der Waals surface area contributed by atoms with Crippen LogP contribution in [-0.4, -0.2) is 37.0 Å². The molecule has 0 bridgehead atoms. The van der Waals surface area contributed by atoms with E-state index >= 15 is 0 Å². The summed E-state index contributed by atoms with van der Waals surface area (Å²) in [4.78, 5) is 14.5. The zero-order valence-corrected chi connectivity index (χ0v) is 10.4. The topological polar surface area (TPSA) is 32.3 Å². The van der Waals surface area contributed by atoms with E-state index in [2.05, 4.69) is 17.1 Å². The minimum Gasteiger partial charge on any atom is -0.342 e. The molecule has 1 amide bonds. The number of rotatable bonds is 5. The van der Waals surface area contributed by atoms with Crippen LogP contribution in [0, 0.1) is 11.8 Å². The monoisotopic (exact) mass is 224 g/mol. The maximum atomic E-state index is 12.3. The van der Waals surface area contributed by atoms with Crippen LogP contribution in [0.3, 0.4) is 0 Å². The van der Waals surface area contributed by atoms with E-state index in [1.54, 1.807) is 0 Å². The number of carbonyl (C=O) groups excluding carboxylic acids is 1. The SMILES string of the molecule is CCCN(CC1CC1)C(=O)C1CCCNC1. The summed E-state index contributed by atoms with van der Waals surface area (Å²) in [7, 11) is 0. The number of nitrogens with zero attached hydrogens (tertiary/aromatic N) is 1. The second-order valence-corrected chi connectivity index (χ2v) is 5.27. The number of carbonyl (C=O) groups is 1. The maximum absolute atomic E-state index is 12.3. The Labute approximate surface area is 98.6 Å². The molecule has 2 rings (SSSR count). The highest BCUT2D eigenvalue weighted by molar-refractivity contribution is 5.79. The molecule has 1 saturated carbocycles. The van der Waals surface area contributed by atoms with Crippen molar-refractivity contribution in [1.82, 2.24) is 10.2 Å². The molecule has 2 fully saturated rings. The molecule has 3 nitrogen and oxygen atoms in total. The molecule has 1 atom stereocenters. The Morgan fingerprint density at radius 1 is 1.38 bits per heavy atom. The van der Waals surface area contributed by atoms with Crippen molar-refractivity contribution < 1.29 is 4.79 Å². The van der Waals surface area contributed by atoms with E-state index in [1.165, 1.54) is 12.8 Å². The summed E-state index contributed by atoms with van der Waals surface area (Å²) in [5, 5.41) is 3.33. The number of nitrogens with one attached hydrogen (secondary N) is 1. The third-order valence-electron chi connectivity index (χ3n) is 3.63. The van der Waals surface area contributed by atoms with Gasteiger partial charge in [0.2, 0.25) is 5.91 Å². The minimum atomic E-state index is 0.249. The number of hydrogen-bond acceptors (Lipinski definition) is 2. The van der Waals surface area contributed by atoms with E-state index in [0.717, 1.165) is 51.4 Å². The molecule has 0 aromatic heterocycles. The van der Waals surface area contributed by atoms with E-state index in [0.29, 0.717) is 5.91 Å². The smallest absolute Gasteiger partial charge is 0.226 e. The van der Waals surface area contributed by atoms with Crippen molar-refractivity contribution in [2.75, 3.05) is 26.2 Å². The maximum Gasteiger partial charge on any atom is 0.226 e. The van der Waals surface area contributed by atoms with Gasteiger partial charge in [0.05, 0.1) is 5.92 Å². The lowest BCUT2D eigenvalue weighted by Crippen LogP contribution is -2.44. The first-order valence-electron chi connectivity index (χ1n) is 6.80. The van der Waals surface area contributed by atoms with Crippen LogP contribution in [0.2, 0.25) is 0 Å². The van der Waals surface area contributed by atoms with Crippen LogP contribution in [0.25, 0.3) is 0 Å². The van der Waals surface area contributed by atoms with Crippen molar-refractivity contribution in [2.24, 2.45) is 11.8 Å². The van der Waals surface area contributed by atoms with E-state index in [-0.39, 0.29) is 5.92 Å². The molecule has 0 spiro atoms. The highest BCUT2D eigenvalue weighted by Crippen LogP contribution is 2.30. The molecule has 1 N–H and O–H groups in total. The van der Waals surface area contributed by atoms with Crippen molar-refractivity contribution in [2.45, 2.75) is 39.0 Å². The van der Waals surface area contributed by atoms with E-state index < -0.39 is 0 Å². The van der Waals surface area contributed by atoms with E-state index in [9.17, 15) is 4.79 Å². The van der Waals surface area contributed by atoms with Crippen molar-refractivity contribution in [1.29, 1.82) is 0 Å². The lowest BCUT2D eigenvalue weighted by molar-refractivity contribution is -0.136. The Hall–Kier alpha value is -0.570. The quantitative estimate of drug-likeness (QED) is 0.770. The summed E-state index contributed by atoms with van der Waals surface area (Å²) in [5.74, 6) is 1.46. The Balaban J connectivity index is 1.86. The van der Waals surface area contributed by atoms with Gasteiger partial charge < -0.3 is 10.2 Å². The molecule has 1 aliphatic carbocycles. The molecule has 1 saturated heterocycles. The van der Waals surface area contributed by atoms with Crippen LogP contribution >= 0.6 is 0 Å². The van der Waals surface area contributed by atoms with Gasteiger partial charge in [0, 0.05) is 19.6 Å². The zero-order chi connectivity index (χ0) is 11.4. The Morgan fingerprint density at radius 2 is 2.19 bits per heavy atom. The van der Waals surface area contributed by atoms with Gasteiger partial charge in [-0.05, 0) is 44.6 Å². The molecule has 2 aliphatic rings. The van der Waals surface area contributed by atoms with Crippen molar-refractivity contribution >= 4 is 5.91 Å². The molecule has 0 radical (unpaired) electrons. The largest absolute Gasteiger partial charge is 0.342 e. The van der Waals surface area contributed by atoms with Gasteiger partial charge in [-0.15, -0.1) is 0 Å². The van der Waals surface area contributed by atoms with Crippen LogP contribution in [0.1, 0.15) is 39.0 Å². The second kappa shape index (κ2) is 5.67. The van der Waals surface area contributed by atoms with Gasteiger partial charge >= 0.3 is 0 Å². The van der Waals surface area contributed by atoms with Gasteiger partial charge in [0.1, 0.15) is 0 Å². The van der Waals surface area contributed by atoms with Crippen molar-refractivity contribution in [3.8, 4) is 0 Å². The first-order chi connectivity index (χ1) is 7.81. The molecule has 1 unspecified atom stereocenters. The summed E-state index contributed by atoms with van der Waals surface area (Å²) in [6, 6.07) is 0. The first-order valence-corrected chi connectivity index (χ1v) is 6.80. The minimum absolute atomic E-state index is 0.249. The lowest BCUT2D eigenvalue weighted by Gasteiger charge is -2.29. The van der Waals surface area contributed by atoms with Gasteiger partial charge in [-0.2, -0.15) is 0 Å². The summed E-state index contributed by atoms with van der Waals surface area (Å²) in [5.41, 5.74) is 0. The molecule has 16 heavy (non-hydrogen) atoms. The molecule has 0 aromatic carbocycles. The third kappa shape index (κ3) is 3.21. The van der Waals surface area contributed by atoms with Gasteiger partial charge in [-0.25, -0.2) is 0 Å².